The first-order valence-electron chi connectivity index (χ1n) is 7.31. The normalized spacial score (nSPS) is 18.1. The van der Waals surface area contributed by atoms with E-state index in [9.17, 15) is 4.79 Å². The van der Waals surface area contributed by atoms with Crippen LogP contribution in [0.4, 0.5) is 0 Å². The van der Waals surface area contributed by atoms with Gasteiger partial charge < -0.3 is 15.0 Å². The van der Waals surface area contributed by atoms with Crippen molar-refractivity contribution in [2.75, 3.05) is 33.4 Å². The molecular weight excluding hydrogens is 252 g/mol. The molecule has 110 valence electrons. The summed E-state index contributed by atoms with van der Waals surface area (Å²) in [6.45, 7) is 3.92. The van der Waals surface area contributed by atoms with Crippen LogP contribution in [0.2, 0.25) is 0 Å². The number of nitrogens with zero attached hydrogens (tertiary/aromatic N) is 1. The van der Waals surface area contributed by atoms with Crippen LogP contribution in [0.25, 0.3) is 0 Å². The van der Waals surface area contributed by atoms with E-state index in [1.54, 1.807) is 7.11 Å². The summed E-state index contributed by atoms with van der Waals surface area (Å²) >= 11 is 0. The van der Waals surface area contributed by atoms with Gasteiger partial charge in [-0.05, 0) is 31.0 Å². The van der Waals surface area contributed by atoms with Crippen LogP contribution in [0.5, 0.6) is 0 Å². The van der Waals surface area contributed by atoms with E-state index in [1.807, 2.05) is 23.1 Å². The number of amides is 1. The highest BCUT2D eigenvalue weighted by molar-refractivity contribution is 5.76. The van der Waals surface area contributed by atoms with E-state index in [0.29, 0.717) is 32.0 Å². The average Bonchev–Trinajstić information content (AvgIpc) is 2.97. The summed E-state index contributed by atoms with van der Waals surface area (Å²) in [5.74, 6) is 0.725. The highest BCUT2D eigenvalue weighted by atomic mass is 16.5. The molecule has 0 aromatic heterocycles. The molecule has 1 aromatic rings. The maximum atomic E-state index is 12.5. The molecule has 1 aliphatic heterocycles. The summed E-state index contributed by atoms with van der Waals surface area (Å²) in [6.07, 6.45) is 1.75. The van der Waals surface area contributed by atoms with Crippen LogP contribution in [0, 0.1) is 5.92 Å². The van der Waals surface area contributed by atoms with Gasteiger partial charge in [0.1, 0.15) is 0 Å². The fourth-order valence-electron chi connectivity index (χ4n) is 2.56. The maximum Gasteiger partial charge on any atom is 0.223 e. The topological polar surface area (TPSA) is 41.6 Å². The van der Waals surface area contributed by atoms with Gasteiger partial charge in [0.05, 0.1) is 6.61 Å². The third kappa shape index (κ3) is 4.62. The molecule has 1 fully saturated rings. The van der Waals surface area contributed by atoms with E-state index in [0.717, 1.165) is 19.5 Å². The van der Waals surface area contributed by atoms with Gasteiger partial charge in [0.2, 0.25) is 5.91 Å². The standard InChI is InChI=1S/C16H24N2O2/c1-20-10-9-18(13-14-5-3-2-4-6-14)16(19)11-15-7-8-17-12-15/h2-6,15,17H,7-13H2,1H3. The minimum absolute atomic E-state index is 0.236. The van der Waals surface area contributed by atoms with Crippen molar-refractivity contribution in [2.24, 2.45) is 5.92 Å². The van der Waals surface area contributed by atoms with Gasteiger partial charge in [0.15, 0.2) is 0 Å². The lowest BCUT2D eigenvalue weighted by atomic mass is 10.0. The Bertz CT molecular complexity index is 402. The number of benzene rings is 1. The minimum Gasteiger partial charge on any atom is -0.383 e. The lowest BCUT2D eigenvalue weighted by Gasteiger charge is -2.24. The molecule has 1 atom stereocenters. The van der Waals surface area contributed by atoms with Crippen LogP contribution in [0.1, 0.15) is 18.4 Å². The summed E-state index contributed by atoms with van der Waals surface area (Å²) in [5, 5.41) is 3.31. The average molecular weight is 276 g/mol. The Balaban J connectivity index is 1.92. The Morgan fingerprint density at radius 2 is 2.20 bits per heavy atom. The monoisotopic (exact) mass is 276 g/mol. The maximum absolute atomic E-state index is 12.5. The second-order valence-electron chi connectivity index (χ2n) is 5.36. The Morgan fingerprint density at radius 3 is 2.85 bits per heavy atom. The molecule has 1 unspecified atom stereocenters. The molecule has 1 aromatic carbocycles. The third-order valence-corrected chi connectivity index (χ3v) is 3.76. The van der Waals surface area contributed by atoms with Crippen LogP contribution in [-0.2, 0) is 16.1 Å². The van der Waals surface area contributed by atoms with Crippen molar-refractivity contribution < 1.29 is 9.53 Å². The first kappa shape index (κ1) is 15.0. The lowest BCUT2D eigenvalue weighted by molar-refractivity contribution is -0.133. The molecule has 0 radical (unpaired) electrons. The molecule has 0 saturated carbocycles. The molecule has 1 N–H and O–H groups in total. The number of carbonyl (C=O) groups excluding carboxylic acids is 1. The van der Waals surface area contributed by atoms with Crippen molar-refractivity contribution in [3.05, 3.63) is 35.9 Å². The molecular formula is C16H24N2O2. The summed E-state index contributed by atoms with van der Waals surface area (Å²) < 4.78 is 5.12. The van der Waals surface area contributed by atoms with E-state index in [4.69, 9.17) is 4.74 Å². The molecule has 4 heteroatoms. The van der Waals surface area contributed by atoms with Gasteiger partial charge in [-0.1, -0.05) is 30.3 Å². The fourth-order valence-corrected chi connectivity index (χ4v) is 2.56. The van der Waals surface area contributed by atoms with Gasteiger partial charge in [0, 0.05) is 26.6 Å². The predicted octanol–water partition coefficient (Wildman–Crippen LogP) is 1.66. The van der Waals surface area contributed by atoms with Crippen molar-refractivity contribution in [1.29, 1.82) is 0 Å². The van der Waals surface area contributed by atoms with E-state index in [-0.39, 0.29) is 5.91 Å². The van der Waals surface area contributed by atoms with Crippen LogP contribution in [0.15, 0.2) is 30.3 Å². The molecule has 0 spiro atoms. The zero-order valence-corrected chi connectivity index (χ0v) is 12.2. The summed E-state index contributed by atoms with van der Waals surface area (Å²) in [7, 11) is 1.67. The lowest BCUT2D eigenvalue weighted by Crippen LogP contribution is -2.34. The third-order valence-electron chi connectivity index (χ3n) is 3.76. The first-order valence-corrected chi connectivity index (χ1v) is 7.31. The zero-order valence-electron chi connectivity index (χ0n) is 12.2. The smallest absolute Gasteiger partial charge is 0.223 e. The highest BCUT2D eigenvalue weighted by Crippen LogP contribution is 2.15. The number of rotatable bonds is 7. The highest BCUT2D eigenvalue weighted by Gasteiger charge is 2.21. The Kier molecular flexibility index (Phi) is 6.02. The van der Waals surface area contributed by atoms with Crippen LogP contribution < -0.4 is 5.32 Å². The number of nitrogens with one attached hydrogen (secondary N) is 1. The molecule has 1 aliphatic rings. The Morgan fingerprint density at radius 1 is 1.40 bits per heavy atom. The number of hydrogen-bond acceptors (Lipinski definition) is 3. The zero-order chi connectivity index (χ0) is 14.2. The Labute approximate surface area is 121 Å². The molecule has 1 amide bonds. The predicted molar refractivity (Wildman–Crippen MR) is 79.3 cm³/mol. The van der Waals surface area contributed by atoms with Crippen molar-refractivity contribution in [2.45, 2.75) is 19.4 Å². The molecule has 2 rings (SSSR count). The van der Waals surface area contributed by atoms with Crippen molar-refractivity contribution in [3.8, 4) is 0 Å². The van der Waals surface area contributed by atoms with E-state index in [2.05, 4.69) is 17.4 Å². The van der Waals surface area contributed by atoms with Crippen LogP contribution >= 0.6 is 0 Å². The summed E-state index contributed by atoms with van der Waals surface area (Å²) in [6, 6.07) is 10.1. The van der Waals surface area contributed by atoms with Crippen LogP contribution in [-0.4, -0.2) is 44.2 Å². The van der Waals surface area contributed by atoms with Crippen molar-refractivity contribution in [3.63, 3.8) is 0 Å². The second kappa shape index (κ2) is 8.02. The number of carbonyl (C=O) groups is 1. The molecule has 4 nitrogen and oxygen atoms in total. The first-order chi connectivity index (χ1) is 9.79. The minimum atomic E-state index is 0.236. The van der Waals surface area contributed by atoms with Gasteiger partial charge in [0.25, 0.3) is 0 Å². The number of ether oxygens (including phenoxy) is 1. The quantitative estimate of drug-likeness (QED) is 0.823. The van der Waals surface area contributed by atoms with E-state index >= 15 is 0 Å². The number of methoxy groups -OCH3 is 1. The molecule has 1 saturated heterocycles. The van der Waals surface area contributed by atoms with E-state index in [1.165, 1.54) is 5.56 Å². The molecule has 20 heavy (non-hydrogen) atoms. The van der Waals surface area contributed by atoms with Crippen molar-refractivity contribution in [1.82, 2.24) is 10.2 Å². The van der Waals surface area contributed by atoms with E-state index < -0.39 is 0 Å². The molecule has 1 heterocycles. The van der Waals surface area contributed by atoms with Crippen molar-refractivity contribution >= 4 is 5.91 Å². The summed E-state index contributed by atoms with van der Waals surface area (Å²) in [4.78, 5) is 14.4. The fraction of sp³-hybridized carbons (Fsp3) is 0.562. The molecule has 0 aliphatic carbocycles. The molecule has 0 bridgehead atoms. The van der Waals surface area contributed by atoms with Gasteiger partial charge in [-0.3, -0.25) is 4.79 Å². The Hall–Kier alpha value is -1.39. The van der Waals surface area contributed by atoms with Gasteiger partial charge in [-0.15, -0.1) is 0 Å². The van der Waals surface area contributed by atoms with Crippen LogP contribution in [0.3, 0.4) is 0 Å². The second-order valence-corrected chi connectivity index (χ2v) is 5.36. The van der Waals surface area contributed by atoms with Gasteiger partial charge >= 0.3 is 0 Å². The largest absolute Gasteiger partial charge is 0.383 e. The number of hydrogen-bond donors (Lipinski definition) is 1. The SMILES string of the molecule is COCCN(Cc1ccccc1)C(=O)CC1CCNC1. The van der Waals surface area contributed by atoms with Gasteiger partial charge in [-0.25, -0.2) is 0 Å². The summed E-state index contributed by atoms with van der Waals surface area (Å²) in [5.41, 5.74) is 1.17. The van der Waals surface area contributed by atoms with Gasteiger partial charge in [-0.2, -0.15) is 0 Å².